The highest BCUT2D eigenvalue weighted by Gasteiger charge is 2.20. The van der Waals surface area contributed by atoms with E-state index in [9.17, 15) is 8.42 Å². The minimum absolute atomic E-state index is 0.0353. The van der Waals surface area contributed by atoms with E-state index < -0.39 is 10.0 Å². The van der Waals surface area contributed by atoms with Crippen LogP contribution in [-0.4, -0.2) is 13.6 Å². The Hall–Kier alpha value is -1.24. The van der Waals surface area contributed by atoms with Crippen LogP contribution in [-0.2, 0) is 10.0 Å². The Bertz CT molecular complexity index is 682. The molecule has 0 bridgehead atoms. The third-order valence-corrected chi connectivity index (χ3v) is 4.40. The molecule has 0 atom stereocenters. The van der Waals surface area contributed by atoms with Crippen molar-refractivity contribution in [2.24, 2.45) is 0 Å². The van der Waals surface area contributed by atoms with Crippen molar-refractivity contribution in [3.05, 3.63) is 40.1 Å². The van der Waals surface area contributed by atoms with Crippen LogP contribution in [0.25, 0.3) is 0 Å². The average Bonchev–Trinajstić information content (AvgIpc) is 2.67. The molecular formula is C10H8Cl2N2O3S. The Morgan fingerprint density at radius 2 is 2.06 bits per heavy atom. The maximum atomic E-state index is 12.0. The van der Waals surface area contributed by atoms with Crippen molar-refractivity contribution in [2.75, 3.05) is 4.72 Å². The molecule has 96 valence electrons. The number of hydrogen-bond donors (Lipinski definition) is 1. The van der Waals surface area contributed by atoms with Gasteiger partial charge in [0.2, 0.25) is 0 Å². The van der Waals surface area contributed by atoms with Crippen molar-refractivity contribution in [3.8, 4) is 0 Å². The Kier molecular flexibility index (Phi) is 3.52. The van der Waals surface area contributed by atoms with Crippen LogP contribution in [0.1, 0.15) is 5.76 Å². The van der Waals surface area contributed by atoms with Gasteiger partial charge in [0.1, 0.15) is 10.7 Å². The van der Waals surface area contributed by atoms with Gasteiger partial charge in [0.05, 0.1) is 10.0 Å². The lowest BCUT2D eigenvalue weighted by molar-refractivity contribution is 0.400. The first-order valence-corrected chi connectivity index (χ1v) is 7.04. The topological polar surface area (TPSA) is 72.2 Å². The minimum Gasteiger partial charge on any atom is -0.360 e. The summed E-state index contributed by atoms with van der Waals surface area (Å²) in [4.78, 5) is -0.114. The molecule has 18 heavy (non-hydrogen) atoms. The summed E-state index contributed by atoms with van der Waals surface area (Å²) in [5.41, 5.74) is 0. The van der Waals surface area contributed by atoms with Crippen molar-refractivity contribution < 1.29 is 12.9 Å². The van der Waals surface area contributed by atoms with Gasteiger partial charge < -0.3 is 4.52 Å². The lowest BCUT2D eigenvalue weighted by Crippen LogP contribution is -2.13. The highest BCUT2D eigenvalue weighted by molar-refractivity contribution is 7.92. The number of nitrogens with zero attached hydrogens (tertiary/aromatic N) is 1. The third kappa shape index (κ3) is 2.60. The van der Waals surface area contributed by atoms with Crippen LogP contribution >= 0.6 is 23.2 Å². The molecule has 0 saturated carbocycles. The molecule has 0 aliphatic heterocycles. The Morgan fingerprint density at radius 3 is 2.67 bits per heavy atom. The molecule has 0 aliphatic carbocycles. The van der Waals surface area contributed by atoms with E-state index in [1.807, 2.05) is 0 Å². The van der Waals surface area contributed by atoms with Gasteiger partial charge in [-0.3, -0.25) is 4.72 Å². The summed E-state index contributed by atoms with van der Waals surface area (Å²) in [6.07, 6.45) is 0. The average molecular weight is 307 g/mol. The van der Waals surface area contributed by atoms with E-state index in [-0.39, 0.29) is 20.8 Å². The van der Waals surface area contributed by atoms with Crippen molar-refractivity contribution >= 4 is 39.0 Å². The molecule has 5 nitrogen and oxygen atoms in total. The van der Waals surface area contributed by atoms with Crippen LogP contribution in [0.2, 0.25) is 10.0 Å². The molecule has 0 amide bonds. The normalized spacial score (nSPS) is 11.5. The molecule has 0 spiro atoms. The van der Waals surface area contributed by atoms with E-state index in [2.05, 4.69) is 9.88 Å². The molecule has 2 aromatic rings. The number of rotatable bonds is 3. The molecular weight excluding hydrogens is 299 g/mol. The SMILES string of the molecule is Cc1cc(NS(=O)(=O)c2cccc(Cl)c2Cl)no1. The molecule has 0 radical (unpaired) electrons. The van der Waals surface area contributed by atoms with Crippen LogP contribution in [0, 0.1) is 6.92 Å². The van der Waals surface area contributed by atoms with E-state index in [1.165, 1.54) is 24.3 Å². The molecule has 0 saturated heterocycles. The molecule has 1 aromatic heterocycles. The second-order valence-electron chi connectivity index (χ2n) is 3.48. The first-order chi connectivity index (χ1) is 8.40. The molecule has 0 fully saturated rings. The second kappa shape index (κ2) is 4.79. The van der Waals surface area contributed by atoms with Crippen molar-refractivity contribution in [2.45, 2.75) is 11.8 Å². The maximum Gasteiger partial charge on any atom is 0.264 e. The Morgan fingerprint density at radius 1 is 1.33 bits per heavy atom. The van der Waals surface area contributed by atoms with Crippen LogP contribution in [0.3, 0.4) is 0 Å². The van der Waals surface area contributed by atoms with Crippen LogP contribution in [0.4, 0.5) is 5.82 Å². The molecule has 2 rings (SSSR count). The summed E-state index contributed by atoms with van der Waals surface area (Å²) >= 11 is 11.6. The minimum atomic E-state index is -3.84. The number of halogens is 2. The number of benzene rings is 1. The second-order valence-corrected chi connectivity index (χ2v) is 5.92. The monoisotopic (exact) mass is 306 g/mol. The first kappa shape index (κ1) is 13.2. The Labute approximate surface area is 114 Å². The quantitative estimate of drug-likeness (QED) is 0.945. The van der Waals surface area contributed by atoms with Crippen molar-refractivity contribution in [1.29, 1.82) is 0 Å². The Balaban J connectivity index is 2.40. The number of aryl methyl sites for hydroxylation is 1. The van der Waals surface area contributed by atoms with Gasteiger partial charge in [-0.25, -0.2) is 8.42 Å². The number of aromatic nitrogens is 1. The van der Waals surface area contributed by atoms with Crippen LogP contribution < -0.4 is 4.72 Å². The zero-order valence-electron chi connectivity index (χ0n) is 9.15. The zero-order chi connectivity index (χ0) is 13.3. The molecule has 0 unspecified atom stereocenters. The zero-order valence-corrected chi connectivity index (χ0v) is 11.5. The van der Waals surface area contributed by atoms with Gasteiger partial charge in [-0.05, 0) is 19.1 Å². The largest absolute Gasteiger partial charge is 0.360 e. The summed E-state index contributed by atoms with van der Waals surface area (Å²) in [5, 5.41) is 3.66. The lowest BCUT2D eigenvalue weighted by atomic mass is 10.4. The summed E-state index contributed by atoms with van der Waals surface area (Å²) in [6, 6.07) is 5.81. The number of hydrogen-bond acceptors (Lipinski definition) is 4. The summed E-state index contributed by atoms with van der Waals surface area (Å²) in [6.45, 7) is 1.65. The fourth-order valence-electron chi connectivity index (χ4n) is 1.30. The molecule has 8 heteroatoms. The van der Waals surface area contributed by atoms with Crippen molar-refractivity contribution in [1.82, 2.24) is 5.16 Å². The number of nitrogens with one attached hydrogen (secondary N) is 1. The van der Waals surface area contributed by atoms with E-state index in [0.717, 1.165) is 0 Å². The molecule has 1 heterocycles. The predicted molar refractivity (Wildman–Crippen MR) is 68.5 cm³/mol. The van der Waals surface area contributed by atoms with Gasteiger partial charge in [-0.15, -0.1) is 0 Å². The lowest BCUT2D eigenvalue weighted by Gasteiger charge is -2.07. The van der Waals surface area contributed by atoms with Crippen LogP contribution in [0.15, 0.2) is 33.7 Å². The predicted octanol–water partition coefficient (Wildman–Crippen LogP) is 3.09. The number of sulfonamides is 1. The highest BCUT2D eigenvalue weighted by atomic mass is 35.5. The van der Waals surface area contributed by atoms with E-state index in [4.69, 9.17) is 27.7 Å². The van der Waals surface area contributed by atoms with Gasteiger partial charge in [0.15, 0.2) is 5.82 Å². The van der Waals surface area contributed by atoms with Gasteiger partial charge in [0.25, 0.3) is 10.0 Å². The number of anilines is 1. The fraction of sp³-hybridized carbons (Fsp3) is 0.100. The first-order valence-electron chi connectivity index (χ1n) is 4.80. The standard InChI is InChI=1S/C10H8Cl2N2O3S/c1-6-5-9(13-17-6)14-18(15,16)8-4-2-3-7(11)10(8)12/h2-5H,1H3,(H,13,14). The molecule has 1 N–H and O–H groups in total. The van der Waals surface area contributed by atoms with Crippen LogP contribution in [0.5, 0.6) is 0 Å². The van der Waals surface area contributed by atoms with Gasteiger partial charge in [-0.2, -0.15) is 0 Å². The molecule has 1 aromatic carbocycles. The van der Waals surface area contributed by atoms with E-state index >= 15 is 0 Å². The van der Waals surface area contributed by atoms with Gasteiger partial charge in [-0.1, -0.05) is 34.4 Å². The van der Waals surface area contributed by atoms with E-state index in [1.54, 1.807) is 6.92 Å². The van der Waals surface area contributed by atoms with Gasteiger partial charge >= 0.3 is 0 Å². The van der Waals surface area contributed by atoms with E-state index in [0.29, 0.717) is 5.76 Å². The summed E-state index contributed by atoms with van der Waals surface area (Å²) in [7, 11) is -3.84. The fourth-order valence-corrected chi connectivity index (χ4v) is 3.05. The summed E-state index contributed by atoms with van der Waals surface area (Å²) < 4.78 is 31.1. The third-order valence-electron chi connectivity index (χ3n) is 2.07. The van der Waals surface area contributed by atoms with Gasteiger partial charge in [0, 0.05) is 6.07 Å². The van der Waals surface area contributed by atoms with Crippen molar-refractivity contribution in [3.63, 3.8) is 0 Å². The molecule has 0 aliphatic rings. The smallest absolute Gasteiger partial charge is 0.264 e. The maximum absolute atomic E-state index is 12.0. The summed E-state index contributed by atoms with van der Waals surface area (Å²) in [5.74, 6) is 0.577. The highest BCUT2D eigenvalue weighted by Crippen LogP contribution is 2.29.